The number of benzene rings is 9. The van der Waals surface area contributed by atoms with E-state index in [9.17, 15) is 0 Å². The first-order valence-electron chi connectivity index (χ1n) is 19.3. The van der Waals surface area contributed by atoms with E-state index < -0.39 is 6.04 Å². The number of hydrogen-bond donors (Lipinski definition) is 0. The van der Waals surface area contributed by atoms with Crippen molar-refractivity contribution in [1.29, 1.82) is 0 Å². The van der Waals surface area contributed by atoms with E-state index in [1.54, 1.807) is 0 Å². The Morgan fingerprint density at radius 1 is 0.380 bits per heavy atom. The molecular formula is C49H31N. The van der Waals surface area contributed by atoms with E-state index in [4.69, 9.17) is 11.8 Å². The van der Waals surface area contributed by atoms with Crippen molar-refractivity contribution in [3.05, 3.63) is 188 Å². The molecule has 0 N–H and O–H groups in total. The first-order valence-corrected chi connectivity index (χ1v) is 16.8. The van der Waals surface area contributed by atoms with Gasteiger partial charge in [-0.05, 0) is 93.8 Å². The van der Waals surface area contributed by atoms with Gasteiger partial charge in [-0.3, -0.25) is 4.98 Å². The summed E-state index contributed by atoms with van der Waals surface area (Å²) >= 11 is 0. The third-order valence-electron chi connectivity index (χ3n) is 9.98. The molecule has 0 amide bonds. The quantitative estimate of drug-likeness (QED) is 0.138. The molecular weight excluding hydrogens is 603 g/mol. The number of hydrogen-bond acceptors (Lipinski definition) is 1. The summed E-state index contributed by atoms with van der Waals surface area (Å²) in [6.07, 6.45) is 1.94. The number of rotatable bonds is 4. The SMILES string of the molecule is [2H]c1c([2H])c([2H])c(-c2c3ccccc3c(-c3ccc(-c4cccc5c4ccc4ccc6ccccc6c45)nc3)c3cc(-c4ccccc4)ccc23)c([2H])c1[2H]. The van der Waals surface area contributed by atoms with Gasteiger partial charge in [-0.2, -0.15) is 0 Å². The van der Waals surface area contributed by atoms with Gasteiger partial charge in [0.05, 0.1) is 12.5 Å². The van der Waals surface area contributed by atoms with Gasteiger partial charge in [0.15, 0.2) is 0 Å². The summed E-state index contributed by atoms with van der Waals surface area (Å²) in [4.78, 5) is 5.12. The van der Waals surface area contributed by atoms with Gasteiger partial charge in [0, 0.05) is 17.3 Å². The summed E-state index contributed by atoms with van der Waals surface area (Å²) in [7, 11) is 0. The maximum Gasteiger partial charge on any atom is 0.0708 e. The van der Waals surface area contributed by atoms with Gasteiger partial charge in [0.2, 0.25) is 0 Å². The van der Waals surface area contributed by atoms with E-state index in [0.717, 1.165) is 60.4 Å². The van der Waals surface area contributed by atoms with Crippen molar-refractivity contribution in [3.63, 3.8) is 0 Å². The topological polar surface area (TPSA) is 12.9 Å². The number of aromatic nitrogens is 1. The smallest absolute Gasteiger partial charge is 0.0708 e. The van der Waals surface area contributed by atoms with Crippen LogP contribution in [-0.2, 0) is 0 Å². The van der Waals surface area contributed by atoms with E-state index in [-0.39, 0.29) is 29.7 Å². The fourth-order valence-electron chi connectivity index (χ4n) is 7.73. The van der Waals surface area contributed by atoms with E-state index in [0.29, 0.717) is 5.56 Å². The zero-order valence-corrected chi connectivity index (χ0v) is 27.0. The molecule has 50 heavy (non-hydrogen) atoms. The molecule has 1 heterocycles. The molecule has 232 valence electrons. The lowest BCUT2D eigenvalue weighted by molar-refractivity contribution is 1.34. The van der Waals surface area contributed by atoms with E-state index >= 15 is 0 Å². The van der Waals surface area contributed by atoms with E-state index in [1.807, 2.05) is 60.8 Å². The summed E-state index contributed by atoms with van der Waals surface area (Å²) < 4.78 is 43.3. The maximum absolute atomic E-state index is 8.98. The molecule has 0 aliphatic heterocycles. The van der Waals surface area contributed by atoms with Crippen molar-refractivity contribution in [2.45, 2.75) is 0 Å². The highest BCUT2D eigenvalue weighted by molar-refractivity contribution is 6.23. The minimum Gasteiger partial charge on any atom is -0.256 e. The van der Waals surface area contributed by atoms with Crippen molar-refractivity contribution >= 4 is 53.9 Å². The van der Waals surface area contributed by atoms with Gasteiger partial charge in [-0.1, -0.05) is 170 Å². The molecule has 10 aromatic rings. The van der Waals surface area contributed by atoms with Crippen LogP contribution in [0.2, 0.25) is 0 Å². The molecule has 1 heteroatoms. The van der Waals surface area contributed by atoms with Crippen LogP contribution < -0.4 is 0 Å². The van der Waals surface area contributed by atoms with Crippen LogP contribution in [0.1, 0.15) is 6.85 Å². The Balaban J connectivity index is 1.22. The molecule has 0 aliphatic carbocycles. The summed E-state index contributed by atoms with van der Waals surface area (Å²) in [5.41, 5.74) is 6.67. The Labute approximate surface area is 297 Å². The average Bonchev–Trinajstić information content (AvgIpc) is 3.24. The highest BCUT2D eigenvalue weighted by atomic mass is 14.7. The molecule has 0 fully saturated rings. The number of fused-ring (bicyclic) bond motifs is 7. The van der Waals surface area contributed by atoms with E-state index in [2.05, 4.69) is 97.1 Å². The van der Waals surface area contributed by atoms with Crippen molar-refractivity contribution in [1.82, 2.24) is 4.98 Å². The standard InChI is InChI=1S/C49H31N/c1-3-12-32(13-4-1)36-25-28-44-45(30-36)49(43-19-10-9-18-42(43)48(44)34-15-5-2-6-16-34)37-26-29-46(50-31-37)40-20-11-21-41-39(40)27-24-35-23-22-33-14-7-8-17-38(33)47(35)41/h1-31H/i2D,5D,6D,15D,16D. The van der Waals surface area contributed by atoms with Gasteiger partial charge in [-0.15, -0.1) is 0 Å². The molecule has 0 unspecified atom stereocenters. The first kappa shape index (κ1) is 23.7. The van der Waals surface area contributed by atoms with Gasteiger partial charge in [-0.25, -0.2) is 0 Å². The third kappa shape index (κ3) is 4.52. The molecule has 0 spiro atoms. The molecule has 0 aliphatic rings. The van der Waals surface area contributed by atoms with Crippen LogP contribution in [0.15, 0.2) is 188 Å². The third-order valence-corrected chi connectivity index (χ3v) is 9.98. The van der Waals surface area contributed by atoms with Gasteiger partial charge in [0.25, 0.3) is 0 Å². The Morgan fingerprint density at radius 2 is 1.02 bits per heavy atom. The molecule has 9 aromatic carbocycles. The zero-order valence-electron chi connectivity index (χ0n) is 32.0. The molecule has 0 saturated heterocycles. The van der Waals surface area contributed by atoms with Crippen LogP contribution in [0.3, 0.4) is 0 Å². The van der Waals surface area contributed by atoms with Crippen molar-refractivity contribution in [2.75, 3.05) is 0 Å². The van der Waals surface area contributed by atoms with Crippen LogP contribution in [0.5, 0.6) is 0 Å². The molecule has 1 aromatic heterocycles. The minimum absolute atomic E-state index is 0.191. The summed E-state index contributed by atoms with van der Waals surface area (Å²) in [6.45, 7) is 0. The minimum atomic E-state index is -0.408. The molecule has 1 nitrogen and oxygen atoms in total. The summed E-state index contributed by atoms with van der Waals surface area (Å²) in [5, 5.41) is 10.6. The van der Waals surface area contributed by atoms with Gasteiger partial charge in [0.1, 0.15) is 0 Å². The van der Waals surface area contributed by atoms with Gasteiger partial charge >= 0.3 is 0 Å². The number of nitrogens with zero attached hydrogens (tertiary/aromatic N) is 1. The normalized spacial score (nSPS) is 13.0. The number of pyridine rings is 1. The second-order valence-corrected chi connectivity index (χ2v) is 12.7. The lowest BCUT2D eigenvalue weighted by Crippen LogP contribution is -1.93. The van der Waals surface area contributed by atoms with Crippen molar-refractivity contribution in [2.24, 2.45) is 0 Å². The lowest BCUT2D eigenvalue weighted by atomic mass is 9.85. The van der Waals surface area contributed by atoms with Crippen LogP contribution in [0.25, 0.3) is 98.5 Å². The zero-order chi connectivity index (χ0) is 37.4. The second kappa shape index (κ2) is 11.5. The van der Waals surface area contributed by atoms with Gasteiger partial charge < -0.3 is 0 Å². The van der Waals surface area contributed by atoms with Crippen molar-refractivity contribution < 1.29 is 6.85 Å². The van der Waals surface area contributed by atoms with Crippen LogP contribution in [0, 0.1) is 0 Å². The predicted molar refractivity (Wildman–Crippen MR) is 214 cm³/mol. The first-order chi connectivity index (χ1) is 26.9. The Morgan fingerprint density at radius 3 is 1.82 bits per heavy atom. The second-order valence-electron chi connectivity index (χ2n) is 12.7. The van der Waals surface area contributed by atoms with Crippen LogP contribution in [0.4, 0.5) is 0 Å². The Kier molecular flexibility index (Phi) is 5.47. The molecule has 0 radical (unpaired) electrons. The maximum atomic E-state index is 8.98. The fraction of sp³-hybridized carbons (Fsp3) is 0. The monoisotopic (exact) mass is 638 g/mol. The van der Waals surface area contributed by atoms with Crippen LogP contribution in [-0.4, -0.2) is 4.98 Å². The molecule has 0 atom stereocenters. The molecule has 10 rings (SSSR count). The van der Waals surface area contributed by atoms with Crippen LogP contribution >= 0.6 is 0 Å². The molecule has 0 saturated carbocycles. The van der Waals surface area contributed by atoms with Crippen molar-refractivity contribution in [3.8, 4) is 44.6 Å². The Hall–Kier alpha value is -6.57. The summed E-state index contributed by atoms with van der Waals surface area (Å²) in [6, 6.07) is 50.7. The average molecular weight is 639 g/mol. The molecule has 0 bridgehead atoms. The predicted octanol–water partition coefficient (Wildman–Crippen LogP) is 13.5. The highest BCUT2D eigenvalue weighted by Crippen LogP contribution is 2.45. The fourth-order valence-corrected chi connectivity index (χ4v) is 7.73. The summed E-state index contributed by atoms with van der Waals surface area (Å²) in [5.74, 6) is 0. The highest BCUT2D eigenvalue weighted by Gasteiger charge is 2.18. The largest absolute Gasteiger partial charge is 0.256 e. The van der Waals surface area contributed by atoms with E-state index in [1.165, 1.54) is 26.9 Å². The lowest BCUT2D eigenvalue weighted by Gasteiger charge is -2.19. The Bertz CT molecular complexity index is 3160.